The maximum atomic E-state index is 13.6. The van der Waals surface area contributed by atoms with Crippen LogP contribution in [0.4, 0.5) is 0 Å². The fourth-order valence-electron chi connectivity index (χ4n) is 4.46. The van der Waals surface area contributed by atoms with Gasteiger partial charge in [0.05, 0.1) is 38.7 Å². The molecule has 2 heterocycles. The molecule has 2 aromatic heterocycles. The van der Waals surface area contributed by atoms with Gasteiger partial charge in [0.15, 0.2) is 5.76 Å². The summed E-state index contributed by atoms with van der Waals surface area (Å²) in [5, 5.41) is 14.8. The molecule has 4 aromatic carbocycles. The minimum Gasteiger partial charge on any atom is -0.496 e. The largest absolute Gasteiger partial charge is 0.496 e. The molecule has 42 heavy (non-hydrogen) atoms. The Morgan fingerprint density at radius 1 is 1.00 bits per heavy atom. The molecule has 0 amide bonds. The van der Waals surface area contributed by atoms with Gasteiger partial charge in [-0.05, 0) is 94.4 Å². The van der Waals surface area contributed by atoms with Gasteiger partial charge >= 0.3 is 5.97 Å². The molecule has 0 aliphatic rings. The van der Waals surface area contributed by atoms with Crippen molar-refractivity contribution in [2.24, 2.45) is 5.10 Å². The Balaban J connectivity index is 1.32. The quantitative estimate of drug-likeness (QED) is 0.144. The summed E-state index contributed by atoms with van der Waals surface area (Å²) in [6.07, 6.45) is 1.58. The average molecular weight is 671 g/mol. The predicted molar refractivity (Wildman–Crippen MR) is 168 cm³/mol. The number of benzene rings is 4. The first-order valence-electron chi connectivity index (χ1n) is 12.8. The summed E-state index contributed by atoms with van der Waals surface area (Å²) in [6, 6.07) is 26.5. The van der Waals surface area contributed by atoms with E-state index in [9.17, 15) is 9.59 Å². The van der Waals surface area contributed by atoms with Gasteiger partial charge in [-0.3, -0.25) is 4.79 Å². The zero-order valence-electron chi connectivity index (χ0n) is 22.2. The number of aromatic carboxylic acids is 1. The van der Waals surface area contributed by atoms with Crippen LogP contribution in [0.1, 0.15) is 21.5 Å². The summed E-state index contributed by atoms with van der Waals surface area (Å²) in [5.74, 6) is 0.980. The molecule has 6 rings (SSSR count). The normalized spacial score (nSPS) is 11.4. The predicted octanol–water partition coefficient (Wildman–Crippen LogP) is 6.58. The molecule has 9 nitrogen and oxygen atoms in total. The highest BCUT2D eigenvalue weighted by molar-refractivity contribution is 14.1. The van der Waals surface area contributed by atoms with Crippen molar-refractivity contribution in [2.45, 2.75) is 6.61 Å². The lowest BCUT2D eigenvalue weighted by Gasteiger charge is -2.10. The average Bonchev–Trinajstić information content (AvgIpc) is 3.45. The number of hydrogen-bond donors (Lipinski definition) is 1. The molecule has 208 valence electrons. The Morgan fingerprint density at radius 2 is 1.81 bits per heavy atom. The van der Waals surface area contributed by atoms with Crippen molar-refractivity contribution in [1.29, 1.82) is 0 Å². The number of carbonyl (C=O) groups is 1. The number of fused-ring (bicyclic) bond motifs is 2. The van der Waals surface area contributed by atoms with E-state index in [0.29, 0.717) is 33.7 Å². The van der Waals surface area contributed by atoms with Crippen LogP contribution in [0.3, 0.4) is 0 Å². The Morgan fingerprint density at radius 3 is 2.57 bits per heavy atom. The van der Waals surface area contributed by atoms with Crippen molar-refractivity contribution < 1.29 is 23.8 Å². The zero-order chi connectivity index (χ0) is 29.2. The maximum absolute atomic E-state index is 13.6. The molecule has 0 unspecified atom stereocenters. The summed E-state index contributed by atoms with van der Waals surface area (Å²) in [4.78, 5) is 29.4. The number of hydrogen-bond acceptors (Lipinski definition) is 7. The van der Waals surface area contributed by atoms with E-state index in [1.165, 1.54) is 4.68 Å². The van der Waals surface area contributed by atoms with Crippen molar-refractivity contribution >= 4 is 56.6 Å². The minimum absolute atomic E-state index is 0.223. The van der Waals surface area contributed by atoms with Crippen molar-refractivity contribution in [1.82, 2.24) is 9.66 Å². The maximum Gasteiger partial charge on any atom is 0.335 e. The van der Waals surface area contributed by atoms with Gasteiger partial charge in [0.2, 0.25) is 5.82 Å². The third-order valence-electron chi connectivity index (χ3n) is 6.59. The lowest BCUT2D eigenvalue weighted by atomic mass is 10.1. The molecule has 0 saturated heterocycles. The number of ether oxygens (including phenoxy) is 2. The van der Waals surface area contributed by atoms with Gasteiger partial charge in [0.25, 0.3) is 5.56 Å². The molecular weight excluding hydrogens is 649 g/mol. The summed E-state index contributed by atoms with van der Waals surface area (Å²) >= 11 is 2.17. The van der Waals surface area contributed by atoms with Crippen LogP contribution in [0.25, 0.3) is 33.5 Å². The molecule has 0 atom stereocenters. The van der Waals surface area contributed by atoms with Crippen molar-refractivity contribution in [3.05, 3.63) is 122 Å². The third-order valence-corrected chi connectivity index (χ3v) is 7.43. The van der Waals surface area contributed by atoms with E-state index in [2.05, 4.69) is 27.7 Å². The molecule has 0 saturated carbocycles. The summed E-state index contributed by atoms with van der Waals surface area (Å²) in [7, 11) is 1.59. The Kier molecular flexibility index (Phi) is 7.44. The number of carboxylic acids is 1. The topological polar surface area (TPSA) is 116 Å². The molecule has 0 radical (unpaired) electrons. The molecule has 0 aliphatic heterocycles. The van der Waals surface area contributed by atoms with Crippen molar-refractivity contribution in [3.63, 3.8) is 0 Å². The molecule has 0 fully saturated rings. The molecule has 0 aliphatic carbocycles. The van der Waals surface area contributed by atoms with Gasteiger partial charge in [0.1, 0.15) is 23.7 Å². The highest BCUT2D eigenvalue weighted by atomic mass is 127. The van der Waals surface area contributed by atoms with E-state index in [0.717, 1.165) is 20.1 Å². The first-order chi connectivity index (χ1) is 20.4. The second-order valence-electron chi connectivity index (χ2n) is 9.28. The van der Waals surface area contributed by atoms with E-state index in [-0.39, 0.29) is 23.6 Å². The Bertz CT molecular complexity index is 2050. The van der Waals surface area contributed by atoms with E-state index in [1.54, 1.807) is 61.9 Å². The second kappa shape index (κ2) is 11.5. The van der Waals surface area contributed by atoms with Crippen LogP contribution in [0.5, 0.6) is 11.5 Å². The van der Waals surface area contributed by atoms with Gasteiger partial charge in [-0.1, -0.05) is 30.3 Å². The smallest absolute Gasteiger partial charge is 0.335 e. The van der Waals surface area contributed by atoms with E-state index >= 15 is 0 Å². The number of aromatic nitrogens is 2. The molecular formula is C32H22IN3O6. The molecule has 6 aromatic rings. The SMILES string of the molecule is COc1cccc2oc(-c3nc4ccccc4c(=O)n3N=Cc3ccc(OCc4ccc(C(=O)O)cc4)c(I)c3)cc12. The van der Waals surface area contributed by atoms with Crippen LogP contribution >= 0.6 is 22.6 Å². The van der Waals surface area contributed by atoms with Crippen LogP contribution in [0, 0.1) is 3.57 Å². The van der Waals surface area contributed by atoms with Gasteiger partial charge in [-0.2, -0.15) is 9.78 Å². The number of furan rings is 1. The minimum atomic E-state index is -0.971. The number of methoxy groups -OCH3 is 1. The Hall–Kier alpha value is -4.97. The van der Waals surface area contributed by atoms with Crippen molar-refractivity contribution in [2.75, 3.05) is 7.11 Å². The summed E-state index contributed by atoms with van der Waals surface area (Å²) in [5.41, 5.74) is 2.62. The van der Waals surface area contributed by atoms with Crippen LogP contribution < -0.4 is 15.0 Å². The fourth-order valence-corrected chi connectivity index (χ4v) is 5.15. The molecule has 0 bridgehead atoms. The summed E-state index contributed by atoms with van der Waals surface area (Å²) < 4.78 is 19.6. The monoisotopic (exact) mass is 671 g/mol. The summed E-state index contributed by atoms with van der Waals surface area (Å²) in [6.45, 7) is 0.285. The number of halogens is 1. The number of para-hydroxylation sites is 1. The lowest BCUT2D eigenvalue weighted by Crippen LogP contribution is -2.20. The standard InChI is InChI=1S/C32H22IN3O6/c1-40-26-7-4-8-27-23(26)16-29(42-27)30-35-25-6-3-2-5-22(25)31(37)36(30)34-17-20-11-14-28(24(33)15-20)41-18-19-9-12-21(13-10-19)32(38)39/h2-17H,18H2,1H3,(H,38,39). The lowest BCUT2D eigenvalue weighted by molar-refractivity contribution is 0.0697. The van der Waals surface area contributed by atoms with Gasteiger partial charge in [0, 0.05) is 0 Å². The number of nitrogens with zero attached hydrogens (tertiary/aromatic N) is 3. The molecule has 10 heteroatoms. The number of carboxylic acid groups (broad SMARTS) is 1. The zero-order valence-corrected chi connectivity index (χ0v) is 24.3. The fraction of sp³-hybridized carbons (Fsp3) is 0.0625. The molecule has 0 spiro atoms. The molecule has 1 N–H and O–H groups in total. The highest BCUT2D eigenvalue weighted by Crippen LogP contribution is 2.33. The second-order valence-corrected chi connectivity index (χ2v) is 10.4. The van der Waals surface area contributed by atoms with Gasteiger partial charge in [-0.15, -0.1) is 0 Å². The van der Waals surface area contributed by atoms with Crippen LogP contribution in [0.15, 0.2) is 105 Å². The van der Waals surface area contributed by atoms with Gasteiger partial charge in [-0.25, -0.2) is 9.78 Å². The van der Waals surface area contributed by atoms with Crippen LogP contribution in [0.2, 0.25) is 0 Å². The van der Waals surface area contributed by atoms with Gasteiger partial charge < -0.3 is 19.0 Å². The van der Waals surface area contributed by atoms with Crippen LogP contribution in [-0.4, -0.2) is 34.1 Å². The van der Waals surface area contributed by atoms with Crippen molar-refractivity contribution in [3.8, 4) is 23.1 Å². The first-order valence-corrected chi connectivity index (χ1v) is 13.9. The van der Waals surface area contributed by atoms with E-state index in [4.69, 9.17) is 24.0 Å². The third kappa shape index (κ3) is 5.36. The Labute approximate surface area is 252 Å². The number of rotatable bonds is 8. The first kappa shape index (κ1) is 27.2. The van der Waals surface area contributed by atoms with E-state index < -0.39 is 5.97 Å². The van der Waals surface area contributed by atoms with E-state index in [1.807, 2.05) is 42.5 Å². The highest BCUT2D eigenvalue weighted by Gasteiger charge is 2.18. The van der Waals surface area contributed by atoms with Crippen LogP contribution in [-0.2, 0) is 6.61 Å².